The molecule has 0 radical (unpaired) electrons. The molecule has 2 heterocycles. The summed E-state index contributed by atoms with van der Waals surface area (Å²) in [5.41, 5.74) is 1.25. The van der Waals surface area contributed by atoms with Crippen LogP contribution in [0.25, 0.3) is 0 Å². The van der Waals surface area contributed by atoms with Gasteiger partial charge in [-0.3, -0.25) is 4.68 Å². The van der Waals surface area contributed by atoms with Crippen molar-refractivity contribution in [1.29, 1.82) is 0 Å². The van der Waals surface area contributed by atoms with Crippen LogP contribution in [0, 0.1) is 0 Å². The Balaban J connectivity index is 1.99. The highest BCUT2D eigenvalue weighted by molar-refractivity contribution is 7.89. The molecule has 1 aromatic rings. The van der Waals surface area contributed by atoms with Gasteiger partial charge in [-0.1, -0.05) is 18.6 Å². The lowest BCUT2D eigenvalue weighted by Crippen LogP contribution is -2.34. The lowest BCUT2D eigenvalue weighted by atomic mass is 10.1. The molecule has 21 heavy (non-hydrogen) atoms. The van der Waals surface area contributed by atoms with Crippen LogP contribution in [0.1, 0.15) is 26.7 Å². The lowest BCUT2D eigenvalue weighted by Gasteiger charge is -2.23. The fraction of sp³-hybridized carbons (Fsp3) is 0.643. The maximum atomic E-state index is 12.5. The normalized spacial score (nSPS) is 17.0. The zero-order valence-corrected chi connectivity index (χ0v) is 13.6. The van der Waals surface area contributed by atoms with Crippen molar-refractivity contribution in [2.75, 3.05) is 26.2 Å². The summed E-state index contributed by atoms with van der Waals surface area (Å²) in [5.74, 6) is 0. The number of sulfonamides is 1. The smallest absolute Gasteiger partial charge is 0.246 e. The first-order chi connectivity index (χ1) is 10.0. The molecule has 0 unspecified atom stereocenters. The highest BCUT2D eigenvalue weighted by Crippen LogP contribution is 2.19. The summed E-state index contributed by atoms with van der Waals surface area (Å²) < 4.78 is 28.2. The number of rotatable bonds is 7. The minimum absolute atomic E-state index is 0.283. The van der Waals surface area contributed by atoms with Crippen molar-refractivity contribution in [2.45, 2.75) is 38.1 Å². The van der Waals surface area contributed by atoms with Gasteiger partial charge in [0.2, 0.25) is 10.0 Å². The highest BCUT2D eigenvalue weighted by Gasteiger charge is 2.26. The van der Waals surface area contributed by atoms with E-state index in [-0.39, 0.29) is 4.90 Å². The van der Waals surface area contributed by atoms with Crippen molar-refractivity contribution in [1.82, 2.24) is 19.4 Å². The van der Waals surface area contributed by atoms with Crippen LogP contribution in [-0.2, 0) is 16.6 Å². The van der Waals surface area contributed by atoms with Gasteiger partial charge in [0, 0.05) is 25.8 Å². The van der Waals surface area contributed by atoms with Crippen LogP contribution < -0.4 is 5.32 Å². The van der Waals surface area contributed by atoms with Gasteiger partial charge in [0.05, 0.1) is 12.7 Å². The van der Waals surface area contributed by atoms with E-state index in [1.54, 1.807) is 10.9 Å². The molecule has 6 nitrogen and oxygen atoms in total. The summed E-state index contributed by atoms with van der Waals surface area (Å²) in [6, 6.07) is 0. The fourth-order valence-electron chi connectivity index (χ4n) is 2.21. The van der Waals surface area contributed by atoms with Crippen LogP contribution in [0.3, 0.4) is 0 Å². The number of nitrogens with zero attached hydrogens (tertiary/aromatic N) is 3. The molecule has 7 heteroatoms. The van der Waals surface area contributed by atoms with Crippen molar-refractivity contribution in [2.24, 2.45) is 0 Å². The molecule has 1 N–H and O–H groups in total. The Morgan fingerprint density at radius 1 is 1.38 bits per heavy atom. The molecule has 0 fully saturated rings. The molecule has 2 rings (SSSR count). The highest BCUT2D eigenvalue weighted by atomic mass is 32.2. The first-order valence-corrected chi connectivity index (χ1v) is 8.87. The molecule has 1 aliphatic rings. The van der Waals surface area contributed by atoms with Crippen molar-refractivity contribution >= 4 is 10.0 Å². The Hall–Kier alpha value is -1.18. The molecule has 0 saturated heterocycles. The third-order valence-corrected chi connectivity index (χ3v) is 5.41. The van der Waals surface area contributed by atoms with Crippen LogP contribution in [-0.4, -0.2) is 48.7 Å². The van der Waals surface area contributed by atoms with Crippen LogP contribution in [0.15, 0.2) is 28.9 Å². The first-order valence-electron chi connectivity index (χ1n) is 7.43. The van der Waals surface area contributed by atoms with E-state index in [1.165, 1.54) is 16.1 Å². The maximum Gasteiger partial charge on any atom is 0.246 e. The number of hydrogen-bond acceptors (Lipinski definition) is 4. The summed E-state index contributed by atoms with van der Waals surface area (Å²) in [4.78, 5) is 0.283. The van der Waals surface area contributed by atoms with Crippen LogP contribution >= 0.6 is 0 Å². The summed E-state index contributed by atoms with van der Waals surface area (Å²) in [6.45, 7) is 7.58. The van der Waals surface area contributed by atoms with Crippen molar-refractivity contribution in [3.8, 4) is 0 Å². The summed E-state index contributed by atoms with van der Waals surface area (Å²) in [6.07, 6.45) is 6.92. The van der Waals surface area contributed by atoms with Crippen LogP contribution in [0.2, 0.25) is 0 Å². The molecule has 0 saturated carbocycles. The van der Waals surface area contributed by atoms with Gasteiger partial charge in [-0.25, -0.2) is 8.42 Å². The van der Waals surface area contributed by atoms with E-state index in [9.17, 15) is 8.42 Å². The molecule has 0 amide bonds. The van der Waals surface area contributed by atoms with Crippen molar-refractivity contribution in [3.05, 3.63) is 24.0 Å². The molecule has 1 aliphatic heterocycles. The molecule has 1 aromatic heterocycles. The van der Waals surface area contributed by atoms with Gasteiger partial charge >= 0.3 is 0 Å². The van der Waals surface area contributed by atoms with Gasteiger partial charge in [0.15, 0.2) is 0 Å². The van der Waals surface area contributed by atoms with E-state index in [0.29, 0.717) is 19.6 Å². The maximum absolute atomic E-state index is 12.5. The molecule has 118 valence electrons. The average Bonchev–Trinajstić information content (AvgIpc) is 2.94. The average molecular weight is 312 g/mol. The largest absolute Gasteiger partial charge is 0.315 e. The third-order valence-electron chi connectivity index (χ3n) is 3.59. The van der Waals surface area contributed by atoms with Crippen LogP contribution in [0.4, 0.5) is 0 Å². The summed E-state index contributed by atoms with van der Waals surface area (Å²) in [7, 11) is -3.41. The topological polar surface area (TPSA) is 67.2 Å². The van der Waals surface area contributed by atoms with Crippen LogP contribution in [0.5, 0.6) is 0 Å². The van der Waals surface area contributed by atoms with Gasteiger partial charge in [0.25, 0.3) is 0 Å². The molecular weight excluding hydrogens is 288 g/mol. The lowest BCUT2D eigenvalue weighted by molar-refractivity contribution is 0.431. The van der Waals surface area contributed by atoms with E-state index in [2.05, 4.69) is 17.3 Å². The van der Waals surface area contributed by atoms with Gasteiger partial charge < -0.3 is 5.32 Å². The molecule has 0 aliphatic carbocycles. The second kappa shape index (κ2) is 7.20. The minimum atomic E-state index is -3.41. The number of hydrogen-bond donors (Lipinski definition) is 1. The molecule has 0 aromatic carbocycles. The first kappa shape index (κ1) is 16.2. The molecule has 0 atom stereocenters. The fourth-order valence-corrected chi connectivity index (χ4v) is 3.55. The number of nitrogens with one attached hydrogen (secondary N) is 1. The van der Waals surface area contributed by atoms with E-state index in [0.717, 1.165) is 25.9 Å². The Bertz CT molecular complexity index is 592. The number of aromatic nitrogens is 2. The van der Waals surface area contributed by atoms with Gasteiger partial charge in [-0.15, -0.1) is 0 Å². The van der Waals surface area contributed by atoms with Crippen molar-refractivity contribution < 1.29 is 8.42 Å². The van der Waals surface area contributed by atoms with E-state index >= 15 is 0 Å². The van der Waals surface area contributed by atoms with E-state index in [1.807, 2.05) is 13.0 Å². The van der Waals surface area contributed by atoms with E-state index in [4.69, 9.17) is 0 Å². The zero-order valence-electron chi connectivity index (χ0n) is 12.7. The third kappa shape index (κ3) is 4.15. The minimum Gasteiger partial charge on any atom is -0.315 e. The zero-order chi connectivity index (χ0) is 15.3. The predicted octanol–water partition coefficient (Wildman–Crippen LogP) is 1.22. The Kier molecular flexibility index (Phi) is 5.55. The Morgan fingerprint density at radius 2 is 2.19 bits per heavy atom. The summed E-state index contributed by atoms with van der Waals surface area (Å²) in [5, 5.41) is 7.42. The Morgan fingerprint density at radius 3 is 2.86 bits per heavy atom. The molecular formula is C14H24N4O2S. The van der Waals surface area contributed by atoms with Gasteiger partial charge in [-0.05, 0) is 26.3 Å². The predicted molar refractivity (Wildman–Crippen MR) is 82.5 cm³/mol. The SMILES string of the molecule is CCCNCCn1cc(S(=O)(=O)N2CC=C(C)CC2)cn1. The molecule has 0 spiro atoms. The second-order valence-corrected chi connectivity index (χ2v) is 7.29. The second-order valence-electron chi connectivity index (χ2n) is 5.35. The van der Waals surface area contributed by atoms with Gasteiger partial charge in [-0.2, -0.15) is 9.40 Å². The van der Waals surface area contributed by atoms with E-state index < -0.39 is 10.0 Å². The molecule has 0 bridgehead atoms. The van der Waals surface area contributed by atoms with Crippen molar-refractivity contribution in [3.63, 3.8) is 0 Å². The Labute approximate surface area is 126 Å². The van der Waals surface area contributed by atoms with Gasteiger partial charge in [0.1, 0.15) is 4.90 Å². The quantitative estimate of drug-likeness (QED) is 0.607. The standard InChI is InChI=1S/C14H24N4O2S/c1-3-6-15-7-10-17-12-14(11-16-17)21(19,20)18-8-4-13(2)5-9-18/h4,11-12,15H,3,5-10H2,1-2H3. The monoisotopic (exact) mass is 312 g/mol. The summed E-state index contributed by atoms with van der Waals surface area (Å²) >= 11 is 0.